The monoisotopic (exact) mass is 362 g/mol. The van der Waals surface area contributed by atoms with Gasteiger partial charge in [0.1, 0.15) is 11.4 Å². The highest BCUT2D eigenvalue weighted by Gasteiger charge is 2.66. The van der Waals surface area contributed by atoms with Gasteiger partial charge in [-0.15, -0.1) is 0 Å². The maximum absolute atomic E-state index is 12.6. The van der Waals surface area contributed by atoms with Gasteiger partial charge in [-0.3, -0.25) is 24.6 Å². The molecule has 2 amide bonds. The Morgan fingerprint density at radius 1 is 1.27 bits per heavy atom. The van der Waals surface area contributed by atoms with Crippen LogP contribution in [0.1, 0.15) is 24.4 Å². The van der Waals surface area contributed by atoms with E-state index in [4.69, 9.17) is 9.47 Å². The molecule has 9 heteroatoms. The number of fused-ring (bicyclic) bond motifs is 1. The van der Waals surface area contributed by atoms with Gasteiger partial charge in [0.25, 0.3) is 0 Å². The second kappa shape index (κ2) is 6.73. The maximum Gasteiger partial charge on any atom is 0.326 e. The summed E-state index contributed by atoms with van der Waals surface area (Å²) in [5.74, 6) is -2.21. The summed E-state index contributed by atoms with van der Waals surface area (Å²) in [6.07, 6.45) is 3.80. The van der Waals surface area contributed by atoms with Gasteiger partial charge < -0.3 is 9.47 Å². The largest absolute Gasteiger partial charge is 0.468 e. The highest BCUT2D eigenvalue weighted by atomic mass is 16.5. The predicted octanol–water partition coefficient (Wildman–Crippen LogP) is -0.527. The van der Waals surface area contributed by atoms with Crippen molar-refractivity contribution in [2.45, 2.75) is 24.9 Å². The lowest BCUT2D eigenvalue weighted by molar-refractivity contribution is -0.152. The Bertz CT molecular complexity index is 737. The lowest BCUT2D eigenvalue weighted by Crippen LogP contribution is -2.53. The molecule has 1 aromatic heterocycles. The van der Waals surface area contributed by atoms with Crippen LogP contribution in [-0.4, -0.2) is 66.1 Å². The summed E-state index contributed by atoms with van der Waals surface area (Å²) in [5.41, 5.74) is -0.652. The van der Waals surface area contributed by atoms with Gasteiger partial charge in [-0.2, -0.15) is 0 Å². The van der Waals surface area contributed by atoms with Gasteiger partial charge in [0.2, 0.25) is 11.8 Å². The smallest absolute Gasteiger partial charge is 0.326 e. The second-order valence-corrected chi connectivity index (χ2v) is 6.73. The summed E-state index contributed by atoms with van der Waals surface area (Å²) in [6, 6.07) is -0.554. The molecule has 0 saturated carbocycles. The molecule has 3 rings (SSSR count). The highest BCUT2D eigenvalue weighted by molar-refractivity contribution is 6.09. The first-order valence-corrected chi connectivity index (χ1v) is 8.32. The fourth-order valence-corrected chi connectivity index (χ4v) is 3.82. The first-order valence-electron chi connectivity index (χ1n) is 8.32. The average molecular weight is 362 g/mol. The van der Waals surface area contributed by atoms with Crippen molar-refractivity contribution in [1.82, 2.24) is 20.2 Å². The minimum Gasteiger partial charge on any atom is -0.468 e. The van der Waals surface area contributed by atoms with E-state index in [0.717, 1.165) is 4.90 Å². The van der Waals surface area contributed by atoms with Gasteiger partial charge in [0, 0.05) is 44.6 Å². The van der Waals surface area contributed by atoms with Crippen LogP contribution in [0.4, 0.5) is 0 Å². The first kappa shape index (κ1) is 18.4. The van der Waals surface area contributed by atoms with E-state index in [1.807, 2.05) is 0 Å². The third-order valence-corrected chi connectivity index (χ3v) is 5.23. The Morgan fingerprint density at radius 3 is 2.50 bits per heavy atom. The number of nitrogens with zero attached hydrogens (tertiary/aromatic N) is 3. The van der Waals surface area contributed by atoms with Crippen molar-refractivity contribution in [3.8, 4) is 0 Å². The van der Waals surface area contributed by atoms with Crippen molar-refractivity contribution in [1.29, 1.82) is 0 Å². The fraction of sp³-hybridized carbons (Fsp3) is 0.588. The lowest BCUT2D eigenvalue weighted by atomic mass is 9.80. The molecule has 9 nitrogen and oxygen atoms in total. The molecule has 2 aliphatic heterocycles. The summed E-state index contributed by atoms with van der Waals surface area (Å²) in [6.45, 7) is 2.10. The number of imide groups is 1. The summed E-state index contributed by atoms with van der Waals surface area (Å²) >= 11 is 0. The van der Waals surface area contributed by atoms with E-state index in [9.17, 15) is 14.4 Å². The van der Waals surface area contributed by atoms with Crippen LogP contribution < -0.4 is 5.32 Å². The molecule has 0 unspecified atom stereocenters. The molecule has 2 saturated heterocycles. The van der Waals surface area contributed by atoms with Crippen molar-refractivity contribution in [2.75, 3.05) is 27.9 Å². The minimum atomic E-state index is -1.30. The van der Waals surface area contributed by atoms with Gasteiger partial charge >= 0.3 is 5.97 Å². The van der Waals surface area contributed by atoms with Crippen molar-refractivity contribution in [3.05, 3.63) is 23.8 Å². The fourth-order valence-electron chi connectivity index (χ4n) is 3.82. The normalized spacial score (nSPS) is 30.6. The van der Waals surface area contributed by atoms with Crippen molar-refractivity contribution < 1.29 is 23.9 Å². The van der Waals surface area contributed by atoms with E-state index in [1.54, 1.807) is 26.4 Å². The molecule has 1 N–H and O–H groups in total. The molecule has 2 fully saturated rings. The third kappa shape index (κ3) is 2.67. The van der Waals surface area contributed by atoms with Gasteiger partial charge in [-0.25, -0.2) is 9.97 Å². The van der Waals surface area contributed by atoms with Crippen molar-refractivity contribution >= 4 is 17.8 Å². The zero-order valence-corrected chi connectivity index (χ0v) is 15.2. The van der Waals surface area contributed by atoms with Crippen LogP contribution >= 0.6 is 0 Å². The van der Waals surface area contributed by atoms with E-state index < -0.39 is 29.4 Å². The molecule has 0 aromatic carbocycles. The number of nitrogens with one attached hydrogen (secondary N) is 1. The number of methoxy groups -OCH3 is 2. The molecule has 1 aromatic rings. The zero-order chi connectivity index (χ0) is 19.1. The number of ether oxygens (including phenoxy) is 2. The molecule has 26 heavy (non-hydrogen) atoms. The quantitative estimate of drug-likeness (QED) is 0.550. The van der Waals surface area contributed by atoms with Crippen LogP contribution in [0.3, 0.4) is 0 Å². The van der Waals surface area contributed by atoms with E-state index in [1.165, 1.54) is 14.2 Å². The summed E-state index contributed by atoms with van der Waals surface area (Å²) in [4.78, 5) is 47.3. The van der Waals surface area contributed by atoms with Gasteiger partial charge in [0.05, 0.1) is 25.6 Å². The molecular weight excluding hydrogens is 340 g/mol. The number of aromatic nitrogens is 2. The van der Waals surface area contributed by atoms with Crippen LogP contribution in [0.2, 0.25) is 0 Å². The van der Waals surface area contributed by atoms with Crippen molar-refractivity contribution in [2.24, 2.45) is 11.8 Å². The van der Waals surface area contributed by atoms with Crippen LogP contribution in [0.25, 0.3) is 0 Å². The Labute approximate surface area is 151 Å². The predicted molar refractivity (Wildman–Crippen MR) is 88.7 cm³/mol. The summed E-state index contributed by atoms with van der Waals surface area (Å²) < 4.78 is 9.89. The number of hydrogen-bond acceptors (Lipinski definition) is 8. The number of likely N-dealkylation sites (tertiary alicyclic amines) is 1. The molecule has 4 atom stereocenters. The van der Waals surface area contributed by atoms with Crippen LogP contribution in [0, 0.1) is 11.8 Å². The van der Waals surface area contributed by atoms with Gasteiger partial charge in [-0.1, -0.05) is 0 Å². The SMILES string of the molecule is COCCc1ncc([C@H]2N[C@@](C)(C(=O)OC)[C@H]3C(=O)N(C)C(=O)[C@@H]23)cn1. The zero-order valence-electron chi connectivity index (χ0n) is 15.2. The second-order valence-electron chi connectivity index (χ2n) is 6.73. The molecule has 3 heterocycles. The molecule has 2 aliphatic rings. The third-order valence-electron chi connectivity index (χ3n) is 5.23. The summed E-state index contributed by atoms with van der Waals surface area (Å²) in [5, 5.41) is 3.13. The van der Waals surface area contributed by atoms with Gasteiger partial charge in [-0.05, 0) is 6.92 Å². The number of amides is 2. The molecule has 0 radical (unpaired) electrons. The van der Waals surface area contributed by atoms with E-state index in [2.05, 4.69) is 15.3 Å². The average Bonchev–Trinajstić information content (AvgIpc) is 3.09. The number of hydrogen-bond donors (Lipinski definition) is 1. The Kier molecular flexibility index (Phi) is 4.76. The van der Waals surface area contributed by atoms with E-state index >= 15 is 0 Å². The topological polar surface area (TPSA) is 111 Å². The van der Waals surface area contributed by atoms with Gasteiger partial charge in [0.15, 0.2) is 0 Å². The minimum absolute atomic E-state index is 0.325. The Hall–Kier alpha value is -2.39. The highest BCUT2D eigenvalue weighted by Crippen LogP contribution is 2.48. The van der Waals surface area contributed by atoms with Crippen LogP contribution in [-0.2, 0) is 30.3 Å². The maximum atomic E-state index is 12.6. The van der Waals surface area contributed by atoms with Crippen molar-refractivity contribution in [3.63, 3.8) is 0 Å². The number of carbonyl (C=O) groups is 3. The molecular formula is C17H22N4O5. The first-order chi connectivity index (χ1) is 12.3. The number of esters is 1. The lowest BCUT2D eigenvalue weighted by Gasteiger charge is -2.27. The van der Waals surface area contributed by atoms with E-state index in [0.29, 0.717) is 24.4 Å². The molecule has 0 spiro atoms. The standard InChI is InChI=1S/C17H22N4O5/c1-17(16(24)26-4)12-11(14(22)21(2)15(12)23)13(20-17)9-7-18-10(19-8-9)5-6-25-3/h7-8,11-13,20H,5-6H2,1-4H3/t11-,12-,13-,17-/m1/s1. The summed E-state index contributed by atoms with van der Waals surface area (Å²) in [7, 11) is 4.29. The Morgan fingerprint density at radius 2 is 1.92 bits per heavy atom. The molecule has 140 valence electrons. The van der Waals surface area contributed by atoms with Crippen LogP contribution in [0.5, 0.6) is 0 Å². The van der Waals surface area contributed by atoms with Crippen LogP contribution in [0.15, 0.2) is 12.4 Å². The van der Waals surface area contributed by atoms with E-state index in [-0.39, 0.29) is 11.8 Å². The Balaban J connectivity index is 1.96. The number of carbonyl (C=O) groups excluding carboxylic acids is 3. The molecule has 0 aliphatic carbocycles. The molecule has 0 bridgehead atoms. The number of rotatable bonds is 5.